The molecule has 0 aliphatic rings. The summed E-state index contributed by atoms with van der Waals surface area (Å²) < 4.78 is 5.51. The van der Waals surface area contributed by atoms with E-state index in [0.29, 0.717) is 25.9 Å². The van der Waals surface area contributed by atoms with Gasteiger partial charge >= 0.3 is 5.97 Å². The summed E-state index contributed by atoms with van der Waals surface area (Å²) in [6, 6.07) is -0.546. The summed E-state index contributed by atoms with van der Waals surface area (Å²) in [5.74, 6) is -0.0218. The number of rotatable bonds is 75. The third kappa shape index (κ3) is 73.0. The molecule has 1 amide bonds. The van der Waals surface area contributed by atoms with E-state index in [-0.39, 0.29) is 18.5 Å². The molecule has 0 aliphatic heterocycles. The number of esters is 1. The molecule has 0 spiro atoms. The number of carbonyl (C=O) groups is 2. The van der Waals surface area contributed by atoms with Crippen molar-refractivity contribution in [3.63, 3.8) is 0 Å². The van der Waals surface area contributed by atoms with Crippen LogP contribution in [0.3, 0.4) is 0 Å². The van der Waals surface area contributed by atoms with E-state index >= 15 is 0 Å². The number of ether oxygens (including phenoxy) is 1. The molecule has 2 atom stereocenters. The zero-order valence-corrected chi connectivity index (χ0v) is 59.0. The van der Waals surface area contributed by atoms with E-state index in [4.69, 9.17) is 4.74 Å². The number of carbonyl (C=O) groups excluding carboxylic acids is 2. The SMILES string of the molecule is CCCCCCCC/C=C\CCCCCCCCCCCC(=O)OCCCCCCCCCCC/C=C\C/C=C\CCCCCCCCCCCCCC(=O)NC(CO)C(O)CCCCCCCCCCCCCCCCCCCCCCCCCC. The van der Waals surface area contributed by atoms with Crippen molar-refractivity contribution in [3.8, 4) is 0 Å². The molecule has 3 N–H and O–H groups in total. The first-order valence-electron chi connectivity index (χ1n) is 39.7. The van der Waals surface area contributed by atoms with Gasteiger partial charge in [0.15, 0.2) is 0 Å². The molecule has 2 unspecified atom stereocenters. The highest BCUT2D eigenvalue weighted by Gasteiger charge is 2.20. The molecule has 0 rings (SSSR count). The van der Waals surface area contributed by atoms with E-state index in [0.717, 1.165) is 51.4 Å². The van der Waals surface area contributed by atoms with Crippen LogP contribution in [-0.2, 0) is 14.3 Å². The number of amides is 1. The second kappa shape index (κ2) is 76.5. The minimum absolute atomic E-state index is 0.0112. The molecule has 0 saturated heterocycles. The molecule has 0 aromatic carbocycles. The van der Waals surface area contributed by atoms with Gasteiger partial charge < -0.3 is 20.3 Å². The van der Waals surface area contributed by atoms with Crippen molar-refractivity contribution in [1.29, 1.82) is 0 Å². The maximum absolute atomic E-state index is 12.6. The van der Waals surface area contributed by atoms with Crippen LogP contribution in [0, 0.1) is 0 Å². The molecule has 0 bridgehead atoms. The maximum atomic E-state index is 12.6. The minimum Gasteiger partial charge on any atom is -0.466 e. The highest BCUT2D eigenvalue weighted by molar-refractivity contribution is 5.76. The Hall–Kier alpha value is -1.92. The number of nitrogens with one attached hydrogen (secondary N) is 1. The van der Waals surface area contributed by atoms with Crippen molar-refractivity contribution in [1.82, 2.24) is 5.32 Å². The number of aliphatic hydroxyl groups is 2. The summed E-state index contributed by atoms with van der Waals surface area (Å²) in [7, 11) is 0. The lowest BCUT2D eigenvalue weighted by atomic mass is 10.0. The van der Waals surface area contributed by atoms with Crippen molar-refractivity contribution in [3.05, 3.63) is 36.5 Å². The van der Waals surface area contributed by atoms with Gasteiger partial charge in [0.05, 0.1) is 25.4 Å². The molecular formula is C81H155NO5. The minimum atomic E-state index is -0.669. The average molecular weight is 1220 g/mol. The van der Waals surface area contributed by atoms with Crippen LogP contribution in [0.2, 0.25) is 0 Å². The zero-order valence-electron chi connectivity index (χ0n) is 59.0. The number of aliphatic hydroxyl groups excluding tert-OH is 2. The van der Waals surface area contributed by atoms with Crippen LogP contribution in [-0.4, -0.2) is 47.4 Å². The van der Waals surface area contributed by atoms with E-state index in [1.165, 1.54) is 360 Å². The lowest BCUT2D eigenvalue weighted by Crippen LogP contribution is -2.45. The van der Waals surface area contributed by atoms with Gasteiger partial charge in [-0.05, 0) is 83.5 Å². The van der Waals surface area contributed by atoms with Crippen LogP contribution in [0.1, 0.15) is 444 Å². The van der Waals surface area contributed by atoms with Gasteiger partial charge in [-0.25, -0.2) is 0 Å². The molecule has 0 aromatic rings. The van der Waals surface area contributed by atoms with E-state index in [1.807, 2.05) is 0 Å². The van der Waals surface area contributed by atoms with Crippen molar-refractivity contribution in [2.24, 2.45) is 0 Å². The molecule has 6 heteroatoms. The second-order valence-corrected chi connectivity index (χ2v) is 27.4. The van der Waals surface area contributed by atoms with Gasteiger partial charge in [-0.15, -0.1) is 0 Å². The van der Waals surface area contributed by atoms with Crippen LogP contribution in [0.15, 0.2) is 36.5 Å². The van der Waals surface area contributed by atoms with Gasteiger partial charge in [0.1, 0.15) is 0 Å². The Kier molecular flexibility index (Phi) is 74.8. The van der Waals surface area contributed by atoms with E-state index in [2.05, 4.69) is 55.6 Å². The lowest BCUT2D eigenvalue weighted by Gasteiger charge is -2.22. The molecule has 514 valence electrons. The van der Waals surface area contributed by atoms with Gasteiger partial charge in [-0.1, -0.05) is 384 Å². The molecule has 0 saturated carbocycles. The molecule has 0 radical (unpaired) electrons. The fourth-order valence-corrected chi connectivity index (χ4v) is 12.6. The fourth-order valence-electron chi connectivity index (χ4n) is 12.6. The van der Waals surface area contributed by atoms with Crippen LogP contribution < -0.4 is 5.32 Å². The standard InChI is InChI=1S/C81H155NO5/c1-3-5-7-9-11-13-15-17-19-21-23-24-25-31-34-38-41-45-49-53-57-61-65-69-73-79(84)78(77-83)82-80(85)74-70-66-62-58-54-50-46-42-39-35-32-29-27-26-28-30-33-36-40-44-48-52-56-60-64-68-72-76-87-81(86)75-71-67-63-59-55-51-47-43-37-22-20-18-16-14-12-10-8-6-4-2/h18,20,26-27,30,33,78-79,83-84H,3-17,19,21-25,28-29,31-32,34-77H2,1-2H3,(H,82,85)/b20-18-,27-26-,33-30-. The van der Waals surface area contributed by atoms with Crippen LogP contribution >= 0.6 is 0 Å². The number of hydrogen-bond donors (Lipinski definition) is 3. The van der Waals surface area contributed by atoms with Gasteiger partial charge in [0, 0.05) is 12.8 Å². The monoisotopic (exact) mass is 1220 g/mol. The summed E-state index contributed by atoms with van der Waals surface area (Å²) in [6.07, 6.45) is 99.4. The first kappa shape index (κ1) is 85.1. The van der Waals surface area contributed by atoms with Crippen molar-refractivity contribution < 1.29 is 24.5 Å². The van der Waals surface area contributed by atoms with E-state index in [1.54, 1.807) is 0 Å². The molecule has 0 heterocycles. The Morgan fingerprint density at radius 2 is 0.575 bits per heavy atom. The summed E-state index contributed by atoms with van der Waals surface area (Å²) in [5.41, 5.74) is 0. The van der Waals surface area contributed by atoms with Crippen molar-refractivity contribution in [2.45, 2.75) is 456 Å². The Labute approximate surface area is 544 Å². The predicted octanol–water partition coefficient (Wildman–Crippen LogP) is 26.2. The molecule has 0 aromatic heterocycles. The van der Waals surface area contributed by atoms with Crippen LogP contribution in [0.25, 0.3) is 0 Å². The zero-order chi connectivity index (χ0) is 62.8. The van der Waals surface area contributed by atoms with E-state index < -0.39 is 12.1 Å². The third-order valence-electron chi connectivity index (χ3n) is 18.7. The van der Waals surface area contributed by atoms with Gasteiger partial charge in [-0.2, -0.15) is 0 Å². The number of unbranched alkanes of at least 4 members (excludes halogenated alkanes) is 58. The Morgan fingerprint density at radius 3 is 0.885 bits per heavy atom. The average Bonchev–Trinajstić information content (AvgIpc) is 3.58. The molecule has 87 heavy (non-hydrogen) atoms. The predicted molar refractivity (Wildman–Crippen MR) is 384 cm³/mol. The third-order valence-corrected chi connectivity index (χ3v) is 18.7. The Balaban J connectivity index is 3.40. The summed E-state index contributed by atoms with van der Waals surface area (Å²) >= 11 is 0. The molecular weight excluding hydrogens is 1070 g/mol. The fraction of sp³-hybridized carbons (Fsp3) is 0.901. The Morgan fingerprint density at radius 1 is 0.322 bits per heavy atom. The smallest absolute Gasteiger partial charge is 0.305 e. The topological polar surface area (TPSA) is 95.9 Å². The number of allylic oxidation sites excluding steroid dienone is 6. The summed E-state index contributed by atoms with van der Waals surface area (Å²) in [6.45, 7) is 4.99. The highest BCUT2D eigenvalue weighted by Crippen LogP contribution is 2.20. The van der Waals surface area contributed by atoms with Gasteiger partial charge in [0.2, 0.25) is 5.91 Å². The van der Waals surface area contributed by atoms with Crippen LogP contribution in [0.4, 0.5) is 0 Å². The normalized spacial score (nSPS) is 12.6. The first-order valence-corrected chi connectivity index (χ1v) is 39.7. The second-order valence-electron chi connectivity index (χ2n) is 27.4. The van der Waals surface area contributed by atoms with Crippen LogP contribution in [0.5, 0.6) is 0 Å². The van der Waals surface area contributed by atoms with E-state index in [9.17, 15) is 19.8 Å². The Bertz CT molecular complexity index is 1410. The van der Waals surface area contributed by atoms with Crippen molar-refractivity contribution >= 4 is 11.9 Å². The quantitative estimate of drug-likeness (QED) is 0.0320. The van der Waals surface area contributed by atoms with Crippen molar-refractivity contribution in [2.75, 3.05) is 13.2 Å². The molecule has 6 nitrogen and oxygen atoms in total. The van der Waals surface area contributed by atoms with Gasteiger partial charge in [-0.3, -0.25) is 9.59 Å². The van der Waals surface area contributed by atoms with Gasteiger partial charge in [0.25, 0.3) is 0 Å². The largest absolute Gasteiger partial charge is 0.466 e. The first-order chi connectivity index (χ1) is 43.0. The lowest BCUT2D eigenvalue weighted by molar-refractivity contribution is -0.143. The number of hydrogen-bond acceptors (Lipinski definition) is 5. The molecule has 0 aliphatic carbocycles. The summed E-state index contributed by atoms with van der Waals surface area (Å²) in [4.78, 5) is 24.7. The molecule has 0 fully saturated rings. The maximum Gasteiger partial charge on any atom is 0.305 e. The summed E-state index contributed by atoms with van der Waals surface area (Å²) in [5, 5.41) is 23.5. The highest BCUT2D eigenvalue weighted by atomic mass is 16.5.